The third-order valence-electron chi connectivity index (χ3n) is 3.33. The van der Waals surface area contributed by atoms with Crippen molar-refractivity contribution in [1.29, 1.82) is 0 Å². The molecule has 0 aliphatic rings. The number of hydrogen-bond acceptors (Lipinski definition) is 9. The molecule has 0 spiro atoms. The highest BCUT2D eigenvalue weighted by atomic mass is 32.3. The van der Waals surface area contributed by atoms with Crippen molar-refractivity contribution in [2.24, 2.45) is 16.0 Å². The van der Waals surface area contributed by atoms with E-state index in [2.05, 4.69) is 19.7 Å². The van der Waals surface area contributed by atoms with Crippen LogP contribution in [0.4, 0.5) is 27.5 Å². The first-order valence-electron chi connectivity index (χ1n) is 7.79. The molecule has 0 bridgehead atoms. The molecule has 12 nitrogen and oxygen atoms in total. The van der Waals surface area contributed by atoms with Crippen LogP contribution in [-0.2, 0) is 24.4 Å². The van der Waals surface area contributed by atoms with Gasteiger partial charge in [0.2, 0.25) is 0 Å². The Hall–Kier alpha value is -3.07. The highest BCUT2D eigenvalue weighted by molar-refractivity contribution is 7.91. The summed E-state index contributed by atoms with van der Waals surface area (Å²) >= 11 is 0. The van der Waals surface area contributed by atoms with Gasteiger partial charge >= 0.3 is 16.4 Å². The lowest BCUT2D eigenvalue weighted by Crippen LogP contribution is -2.19. The molecule has 0 aliphatic heterocycles. The van der Waals surface area contributed by atoms with Crippen molar-refractivity contribution in [3.05, 3.63) is 42.5 Å². The molecule has 0 aromatic heterocycles. The first kappa shape index (κ1) is 22.2. The Balaban J connectivity index is 2.14. The minimum atomic E-state index is -4.72. The maximum absolute atomic E-state index is 12.1. The van der Waals surface area contributed by atoms with Crippen molar-refractivity contribution in [3.63, 3.8) is 0 Å². The lowest BCUT2D eigenvalue weighted by Gasteiger charge is -2.06. The van der Waals surface area contributed by atoms with Crippen molar-refractivity contribution < 1.29 is 30.4 Å². The van der Waals surface area contributed by atoms with Crippen LogP contribution in [0.2, 0.25) is 0 Å². The number of carbonyl (C=O) groups is 1. The van der Waals surface area contributed by atoms with Gasteiger partial charge < -0.3 is 16.8 Å². The third kappa shape index (κ3) is 7.11. The molecule has 0 heterocycles. The molecule has 0 atom stereocenters. The average Bonchev–Trinajstić information content (AvgIpc) is 2.59. The van der Waals surface area contributed by atoms with Gasteiger partial charge in [-0.2, -0.15) is 13.5 Å². The number of carbonyl (C=O) groups excluding carboxylic acids is 1. The van der Waals surface area contributed by atoms with E-state index in [4.69, 9.17) is 16.0 Å². The summed E-state index contributed by atoms with van der Waals surface area (Å²) in [5, 5.41) is 10.3. The number of nitrogen functional groups attached to an aromatic ring is 1. The summed E-state index contributed by atoms with van der Waals surface area (Å²) in [7, 11) is -8.56. The van der Waals surface area contributed by atoms with Crippen molar-refractivity contribution in [2.45, 2.75) is 4.90 Å². The quantitative estimate of drug-likeness (QED) is 0.268. The molecule has 0 radical (unpaired) electrons. The predicted octanol–water partition coefficient (Wildman–Crippen LogP) is 1.77. The zero-order valence-electron chi connectivity index (χ0n) is 14.7. The lowest BCUT2D eigenvalue weighted by atomic mass is 10.2. The van der Waals surface area contributed by atoms with Crippen molar-refractivity contribution in [1.82, 2.24) is 0 Å². The fraction of sp³-hybridized carbons (Fsp3) is 0.133. The number of benzene rings is 2. The Morgan fingerprint density at radius 1 is 1.07 bits per heavy atom. The van der Waals surface area contributed by atoms with E-state index in [1.807, 2.05) is 0 Å². The number of azo groups is 1. The zero-order valence-corrected chi connectivity index (χ0v) is 16.4. The van der Waals surface area contributed by atoms with Gasteiger partial charge in [0.1, 0.15) is 5.69 Å². The highest BCUT2D eigenvalue weighted by Gasteiger charge is 2.16. The number of sulfone groups is 1. The maximum Gasteiger partial charge on any atom is 0.397 e. The number of hydrogen-bond donors (Lipinski definition) is 4. The molecule has 0 saturated heterocycles. The molecule has 0 unspecified atom stereocenters. The average molecular weight is 443 g/mol. The van der Waals surface area contributed by atoms with Gasteiger partial charge in [-0.1, -0.05) is 0 Å². The van der Waals surface area contributed by atoms with Crippen LogP contribution in [-0.4, -0.2) is 39.8 Å². The Bertz CT molecular complexity index is 1130. The Morgan fingerprint density at radius 3 is 2.31 bits per heavy atom. The van der Waals surface area contributed by atoms with Gasteiger partial charge in [0.05, 0.1) is 28.6 Å². The molecule has 2 aromatic carbocycles. The molecule has 2 aromatic rings. The molecule has 6 N–H and O–H groups in total. The number of amides is 2. The smallest absolute Gasteiger partial charge is 0.397 e. The SMILES string of the molecule is NC(=O)Nc1cc(N)ccc1N=Nc1ccc(S(=O)(=O)CCOS(=O)(=O)O)cc1. The van der Waals surface area contributed by atoms with E-state index in [9.17, 15) is 21.6 Å². The summed E-state index contributed by atoms with van der Waals surface area (Å²) in [5.41, 5.74) is 11.9. The Labute approximate surface area is 166 Å². The first-order valence-corrected chi connectivity index (χ1v) is 10.8. The van der Waals surface area contributed by atoms with E-state index in [-0.39, 0.29) is 16.3 Å². The van der Waals surface area contributed by atoms with Gasteiger partial charge in [0, 0.05) is 5.69 Å². The summed E-state index contributed by atoms with van der Waals surface area (Å²) in [4.78, 5) is 11.0. The van der Waals surface area contributed by atoms with E-state index in [1.165, 1.54) is 36.4 Å². The van der Waals surface area contributed by atoms with Gasteiger partial charge in [-0.05, 0) is 42.5 Å². The monoisotopic (exact) mass is 443 g/mol. The summed E-state index contributed by atoms with van der Waals surface area (Å²) in [6, 6.07) is 8.95. The predicted molar refractivity (Wildman–Crippen MR) is 104 cm³/mol. The molecule has 0 saturated carbocycles. The Kier molecular flexibility index (Phi) is 6.86. The number of primary amides is 1. The lowest BCUT2D eigenvalue weighted by molar-refractivity contribution is 0.259. The number of anilines is 2. The van der Waals surface area contributed by atoms with Crippen LogP contribution in [0.1, 0.15) is 0 Å². The molecule has 0 fully saturated rings. The van der Waals surface area contributed by atoms with Crippen molar-refractivity contribution in [3.8, 4) is 0 Å². The fourth-order valence-corrected chi connectivity index (χ4v) is 3.56. The molecule has 0 aliphatic carbocycles. The van der Waals surface area contributed by atoms with Crippen LogP contribution in [0.5, 0.6) is 0 Å². The van der Waals surface area contributed by atoms with E-state index in [1.54, 1.807) is 6.07 Å². The third-order valence-corrected chi connectivity index (χ3v) is 5.49. The van der Waals surface area contributed by atoms with Gasteiger partial charge in [-0.15, -0.1) is 5.11 Å². The number of urea groups is 1. The number of rotatable bonds is 8. The largest absolute Gasteiger partial charge is 0.399 e. The van der Waals surface area contributed by atoms with E-state index < -0.39 is 38.6 Å². The zero-order chi connectivity index (χ0) is 21.7. The molecular weight excluding hydrogens is 426 g/mol. The molecule has 2 amide bonds. The molecule has 14 heteroatoms. The van der Waals surface area contributed by atoms with Gasteiger partial charge in [-0.3, -0.25) is 4.55 Å². The minimum absolute atomic E-state index is 0.0982. The van der Waals surface area contributed by atoms with E-state index >= 15 is 0 Å². The van der Waals surface area contributed by atoms with Gasteiger partial charge in [0.25, 0.3) is 0 Å². The summed E-state index contributed by atoms with van der Waals surface area (Å²) < 4.78 is 57.6. The van der Waals surface area contributed by atoms with Crippen LogP contribution < -0.4 is 16.8 Å². The van der Waals surface area contributed by atoms with Crippen molar-refractivity contribution in [2.75, 3.05) is 23.4 Å². The van der Waals surface area contributed by atoms with Crippen LogP contribution >= 0.6 is 0 Å². The molecule has 156 valence electrons. The standard InChI is InChI=1S/C15H17N5O7S2/c16-10-1-6-13(14(9-10)18-15(17)21)20-19-11-2-4-12(5-3-11)28(22,23)8-7-27-29(24,25)26/h1-6,9H,7-8,16H2,(H3,17,18,21)(H,24,25,26). The van der Waals surface area contributed by atoms with Crippen LogP contribution in [0.25, 0.3) is 0 Å². The topological polar surface area (TPSA) is 204 Å². The molecule has 2 rings (SSSR count). The van der Waals surface area contributed by atoms with Gasteiger partial charge in [-0.25, -0.2) is 17.4 Å². The van der Waals surface area contributed by atoms with E-state index in [0.717, 1.165) is 0 Å². The van der Waals surface area contributed by atoms with Crippen LogP contribution in [0.15, 0.2) is 57.6 Å². The van der Waals surface area contributed by atoms with Crippen LogP contribution in [0, 0.1) is 0 Å². The fourth-order valence-electron chi connectivity index (χ4n) is 2.07. The first-order chi connectivity index (χ1) is 13.5. The molecular formula is C15H17N5O7S2. The van der Waals surface area contributed by atoms with Crippen molar-refractivity contribution >= 4 is 49.0 Å². The minimum Gasteiger partial charge on any atom is -0.399 e. The van der Waals surface area contributed by atoms with E-state index in [0.29, 0.717) is 11.4 Å². The second-order valence-corrected chi connectivity index (χ2v) is 8.73. The number of nitrogens with zero attached hydrogens (tertiary/aromatic N) is 2. The number of nitrogens with one attached hydrogen (secondary N) is 1. The number of nitrogens with two attached hydrogens (primary N) is 2. The second-order valence-electron chi connectivity index (χ2n) is 5.53. The summed E-state index contributed by atoms with van der Waals surface area (Å²) in [6.07, 6.45) is 0. The van der Waals surface area contributed by atoms with Gasteiger partial charge in [0.15, 0.2) is 9.84 Å². The molecule has 29 heavy (non-hydrogen) atoms. The summed E-state index contributed by atoms with van der Waals surface area (Å²) in [6.45, 7) is -0.727. The normalized spacial score (nSPS) is 12.2. The highest BCUT2D eigenvalue weighted by Crippen LogP contribution is 2.29. The Morgan fingerprint density at radius 2 is 1.72 bits per heavy atom. The second kappa shape index (κ2) is 8.95. The maximum atomic E-state index is 12.1. The van der Waals surface area contributed by atoms with Crippen LogP contribution in [0.3, 0.4) is 0 Å². The summed E-state index contributed by atoms with van der Waals surface area (Å²) in [5.74, 6) is -0.652.